The second kappa shape index (κ2) is 10.6. The average molecular weight is 618 g/mol. The van der Waals surface area contributed by atoms with Crippen LogP contribution in [0.1, 0.15) is 49.5 Å². The minimum Gasteiger partial charge on any atom is -0.462 e. The average Bonchev–Trinajstić information content (AvgIpc) is 3.43. The lowest BCUT2D eigenvalue weighted by Crippen LogP contribution is -2.18. The van der Waals surface area contributed by atoms with Gasteiger partial charge >= 0.3 is 16.4 Å². The van der Waals surface area contributed by atoms with Crippen LogP contribution in [0.15, 0.2) is 36.3 Å². The Morgan fingerprint density at radius 3 is 2.71 bits per heavy atom. The Labute approximate surface area is 215 Å². The van der Waals surface area contributed by atoms with Crippen LogP contribution >= 0.6 is 22.6 Å². The summed E-state index contributed by atoms with van der Waals surface area (Å²) >= 11 is 2.24. The molecule has 0 bridgehead atoms. The van der Waals surface area contributed by atoms with Crippen molar-refractivity contribution in [2.24, 2.45) is 5.14 Å². The number of hydrogen-bond acceptors (Lipinski definition) is 9. The van der Waals surface area contributed by atoms with Gasteiger partial charge in [-0.15, -0.1) is 0 Å². The fourth-order valence-electron chi connectivity index (χ4n) is 4.00. The third kappa shape index (κ3) is 5.82. The lowest BCUT2D eigenvalue weighted by Gasteiger charge is -2.23. The molecule has 0 radical (unpaired) electrons. The molecule has 2 aromatic heterocycles. The summed E-state index contributed by atoms with van der Waals surface area (Å²) in [4.78, 5) is 12.4. The first kappa shape index (κ1) is 25.5. The smallest absolute Gasteiger partial charge is 0.333 e. The Kier molecular flexibility index (Phi) is 7.73. The molecule has 3 aromatic rings. The number of imidazole rings is 1. The van der Waals surface area contributed by atoms with Crippen LogP contribution in [0.5, 0.6) is 0 Å². The van der Waals surface area contributed by atoms with Crippen LogP contribution in [-0.2, 0) is 24.0 Å². The van der Waals surface area contributed by atoms with E-state index < -0.39 is 22.3 Å². The molecular formula is C21H24FIN6O5S. The maximum absolute atomic E-state index is 14.2. The predicted molar refractivity (Wildman–Crippen MR) is 133 cm³/mol. The molecule has 1 aliphatic rings. The molecule has 0 aliphatic carbocycles. The number of hydrogen-bond donors (Lipinski definition) is 2. The summed E-state index contributed by atoms with van der Waals surface area (Å²) in [6, 6.07) is 7.55. The number of halogens is 2. The van der Waals surface area contributed by atoms with Crippen LogP contribution < -0.4 is 10.9 Å². The molecule has 0 fully saturated rings. The summed E-state index contributed by atoms with van der Waals surface area (Å²) in [5.41, 5.74) is 7.47. The summed E-state index contributed by atoms with van der Waals surface area (Å²) in [6.45, 7) is 1.98. The molecule has 1 aromatic carbocycles. The Balaban J connectivity index is 1.77. The fourth-order valence-corrected chi connectivity index (χ4v) is 5.05. The molecule has 0 spiro atoms. The molecule has 35 heavy (non-hydrogen) atoms. The van der Waals surface area contributed by atoms with Gasteiger partial charge in [0.15, 0.2) is 17.0 Å². The highest BCUT2D eigenvalue weighted by atomic mass is 127. The molecule has 4 rings (SSSR count). The van der Waals surface area contributed by atoms with Crippen LogP contribution in [0.2, 0.25) is 0 Å². The van der Waals surface area contributed by atoms with Crippen LogP contribution in [0.4, 0.5) is 10.2 Å². The topological polar surface area (TPSA) is 157 Å². The molecule has 188 valence electrons. The highest BCUT2D eigenvalue weighted by molar-refractivity contribution is 14.1. The van der Waals surface area contributed by atoms with Gasteiger partial charge in [0, 0.05) is 9.61 Å². The van der Waals surface area contributed by atoms with E-state index in [-0.39, 0.29) is 36.4 Å². The normalized spacial score (nSPS) is 15.5. The van der Waals surface area contributed by atoms with E-state index in [0.717, 1.165) is 9.13 Å². The molecule has 0 saturated heterocycles. The maximum Gasteiger partial charge on any atom is 0.333 e. The van der Waals surface area contributed by atoms with Crippen molar-refractivity contribution >= 4 is 49.9 Å². The largest absolute Gasteiger partial charge is 0.462 e. The Morgan fingerprint density at radius 2 is 2.03 bits per heavy atom. The number of anilines is 1. The van der Waals surface area contributed by atoms with Gasteiger partial charge in [0.25, 0.3) is 0 Å². The van der Waals surface area contributed by atoms with Gasteiger partial charge in [-0.1, -0.05) is 18.2 Å². The van der Waals surface area contributed by atoms with Gasteiger partial charge in [-0.3, -0.25) is 4.18 Å². The van der Waals surface area contributed by atoms with Crippen LogP contribution in [0, 0.1) is 9.65 Å². The van der Waals surface area contributed by atoms with Crippen molar-refractivity contribution in [3.8, 4) is 0 Å². The molecule has 14 heteroatoms. The molecule has 11 nitrogen and oxygen atoms in total. The quantitative estimate of drug-likeness (QED) is 0.198. The van der Waals surface area contributed by atoms with Gasteiger partial charge in [0.05, 0.1) is 6.61 Å². The number of fused-ring (bicyclic) bond motifs is 1. The first-order valence-electron chi connectivity index (χ1n) is 10.7. The molecule has 0 amide bonds. The minimum atomic E-state index is -3.99. The number of ether oxygens (including phenoxy) is 2. The zero-order valence-corrected chi connectivity index (χ0v) is 21.7. The lowest BCUT2D eigenvalue weighted by atomic mass is 9.96. The number of rotatable bonds is 10. The second-order valence-electron chi connectivity index (χ2n) is 7.95. The zero-order chi connectivity index (χ0) is 25.2. The second-order valence-corrected chi connectivity index (χ2v) is 10.3. The first-order valence-corrected chi connectivity index (χ1v) is 13.3. The van der Waals surface area contributed by atoms with E-state index in [4.69, 9.17) is 25.3 Å². The van der Waals surface area contributed by atoms with Gasteiger partial charge in [0.2, 0.25) is 6.79 Å². The molecule has 2 unspecified atom stereocenters. The number of benzene rings is 1. The number of unbranched alkanes of at least 4 members (excludes halogenated alkanes) is 1. The number of aromatic nitrogens is 4. The van der Waals surface area contributed by atoms with Crippen molar-refractivity contribution in [1.29, 1.82) is 0 Å². The van der Waals surface area contributed by atoms with Crippen molar-refractivity contribution in [1.82, 2.24) is 19.5 Å². The van der Waals surface area contributed by atoms with Gasteiger partial charge in [-0.05, 0) is 60.4 Å². The van der Waals surface area contributed by atoms with Gasteiger partial charge < -0.3 is 19.8 Å². The van der Waals surface area contributed by atoms with E-state index in [2.05, 4.69) is 36.7 Å². The predicted octanol–water partition coefficient (Wildman–Crippen LogP) is 3.08. The van der Waals surface area contributed by atoms with Crippen molar-refractivity contribution in [3.63, 3.8) is 0 Å². The SMILES string of the molecule is CC(CCCCOS(N)(=O)=O)n1c(C(C2=COCO2)c2ccccc2I)nc2c(N)nc(F)nc21. The van der Waals surface area contributed by atoms with Crippen LogP contribution in [0.25, 0.3) is 11.2 Å². The highest BCUT2D eigenvalue weighted by Crippen LogP contribution is 2.39. The van der Waals surface area contributed by atoms with Gasteiger partial charge in [0.1, 0.15) is 23.8 Å². The molecule has 3 heterocycles. The molecule has 2 atom stereocenters. The van der Waals surface area contributed by atoms with Gasteiger partial charge in [-0.2, -0.15) is 22.8 Å². The zero-order valence-electron chi connectivity index (χ0n) is 18.7. The van der Waals surface area contributed by atoms with Crippen molar-refractivity contribution in [3.05, 3.63) is 57.3 Å². The van der Waals surface area contributed by atoms with E-state index in [9.17, 15) is 12.8 Å². The lowest BCUT2D eigenvalue weighted by molar-refractivity contribution is 0.0763. The monoisotopic (exact) mass is 618 g/mol. The summed E-state index contributed by atoms with van der Waals surface area (Å²) in [5.74, 6) is 0.544. The van der Waals surface area contributed by atoms with Crippen molar-refractivity contribution in [2.75, 3.05) is 19.1 Å². The van der Waals surface area contributed by atoms with E-state index in [1.54, 1.807) is 6.26 Å². The van der Waals surface area contributed by atoms with Crippen LogP contribution in [-0.4, -0.2) is 41.3 Å². The fraction of sp³-hybridized carbons (Fsp3) is 0.381. The summed E-state index contributed by atoms with van der Waals surface area (Å²) < 4.78 is 54.7. The number of nitrogen functional groups attached to an aromatic ring is 1. The molecule has 0 saturated carbocycles. The Morgan fingerprint density at radius 1 is 1.26 bits per heavy atom. The van der Waals surface area contributed by atoms with E-state index >= 15 is 0 Å². The van der Waals surface area contributed by atoms with E-state index in [1.807, 2.05) is 35.8 Å². The Hall–Kier alpha value is -2.56. The van der Waals surface area contributed by atoms with E-state index in [1.165, 1.54) is 0 Å². The highest BCUT2D eigenvalue weighted by Gasteiger charge is 2.33. The van der Waals surface area contributed by atoms with Crippen molar-refractivity contribution in [2.45, 2.75) is 38.1 Å². The summed E-state index contributed by atoms with van der Waals surface area (Å²) in [5, 5.41) is 4.87. The minimum absolute atomic E-state index is 0.0320. The number of allylic oxidation sites excluding steroid dienone is 1. The standard InChI is InChI=1S/C21H24FIN6O5S/c1-12(6-4-5-9-34-35(25,30)31)29-19(26-17-18(24)27-21(22)28-20(17)29)16(15-10-32-11-33-15)13-7-2-3-8-14(13)23/h2-3,7-8,10,12,16H,4-6,9,11H2,1H3,(H2,24,27,28)(H2,25,30,31). The van der Waals surface area contributed by atoms with Gasteiger partial charge in [-0.25, -0.2) is 10.1 Å². The summed E-state index contributed by atoms with van der Waals surface area (Å²) in [6.07, 6.45) is 2.24. The third-order valence-corrected chi connectivity index (χ3v) is 7.00. The number of nitrogens with two attached hydrogens (primary N) is 2. The molecule has 4 N–H and O–H groups in total. The maximum atomic E-state index is 14.2. The third-order valence-electron chi connectivity index (χ3n) is 5.52. The molecular weight excluding hydrogens is 594 g/mol. The van der Waals surface area contributed by atoms with Crippen molar-refractivity contribution < 1.29 is 26.5 Å². The summed E-state index contributed by atoms with van der Waals surface area (Å²) in [7, 11) is -3.99. The number of nitrogens with zero attached hydrogens (tertiary/aromatic N) is 4. The first-order chi connectivity index (χ1) is 16.7. The van der Waals surface area contributed by atoms with Crippen LogP contribution in [0.3, 0.4) is 0 Å². The molecule has 1 aliphatic heterocycles. The van der Waals surface area contributed by atoms with E-state index in [0.29, 0.717) is 30.8 Å². The Bertz CT molecular complexity index is 1370.